The maximum Gasteiger partial charge on any atom is 1.00 e. The van der Waals surface area contributed by atoms with Crippen LogP contribution in [0.15, 0.2) is 29.7 Å². The van der Waals surface area contributed by atoms with Gasteiger partial charge in [0.05, 0.1) is 5.69 Å². The fraction of sp³-hybridized carbons (Fsp3) is 0.250. The summed E-state index contributed by atoms with van der Waals surface area (Å²) in [6.45, 7) is 6.31. The van der Waals surface area contributed by atoms with Gasteiger partial charge in [0.25, 0.3) is 0 Å². The Kier molecular flexibility index (Phi) is 4.20. The third kappa shape index (κ3) is 2.32. The van der Waals surface area contributed by atoms with Crippen LogP contribution in [0.5, 0.6) is 0 Å². The second kappa shape index (κ2) is 5.05. The zero-order chi connectivity index (χ0) is 11.0. The summed E-state index contributed by atoms with van der Waals surface area (Å²) in [7, 11) is 0. The quantitative estimate of drug-likeness (QED) is 0.489. The van der Waals surface area contributed by atoms with Crippen LogP contribution in [0.3, 0.4) is 0 Å². The fourth-order valence-electron chi connectivity index (χ4n) is 2.01. The summed E-state index contributed by atoms with van der Waals surface area (Å²) in [6, 6.07) is 4.33. The van der Waals surface area contributed by atoms with Crippen LogP contribution in [0.1, 0.15) is 16.7 Å². The van der Waals surface area contributed by atoms with E-state index < -0.39 is 0 Å². The van der Waals surface area contributed by atoms with Crippen molar-refractivity contribution in [1.29, 1.82) is 0 Å². The third-order valence-electron chi connectivity index (χ3n) is 2.48. The van der Waals surface area contributed by atoms with Gasteiger partial charge in [-0.15, -0.1) is 0 Å². The molecule has 2 nitrogen and oxygen atoms in total. The maximum absolute atomic E-state index is 5.17. The number of hydrogen-bond acceptors (Lipinski definition) is 2. The molecule has 0 aliphatic rings. The first-order valence-corrected chi connectivity index (χ1v) is 5.29. The zero-order valence-electron chi connectivity index (χ0n) is 10.1. The molecule has 0 bridgehead atoms. The van der Waals surface area contributed by atoms with Crippen molar-refractivity contribution in [3.8, 4) is 5.69 Å². The molecule has 1 aromatic heterocycles. The van der Waals surface area contributed by atoms with Crippen LogP contribution in [0, 0.1) is 20.8 Å². The van der Waals surface area contributed by atoms with Crippen molar-refractivity contribution in [3.05, 3.63) is 41.2 Å². The largest absolute Gasteiger partial charge is 1.00 e. The molecule has 2 rings (SSSR count). The molecular formula is C12H13LiN2S. The van der Waals surface area contributed by atoms with Crippen molar-refractivity contribution in [2.45, 2.75) is 25.9 Å². The van der Waals surface area contributed by atoms with Crippen molar-refractivity contribution in [1.82, 2.24) is 9.55 Å². The van der Waals surface area contributed by atoms with E-state index in [1.165, 1.54) is 16.7 Å². The van der Waals surface area contributed by atoms with Gasteiger partial charge in [0.15, 0.2) is 0 Å². The summed E-state index contributed by atoms with van der Waals surface area (Å²) in [5, 5.41) is 0.616. The SMILES string of the molecule is Cc1cc(C)c(-n2ccnc2[S-])c(C)c1.[Li+]. The van der Waals surface area contributed by atoms with Crippen LogP contribution >= 0.6 is 0 Å². The van der Waals surface area contributed by atoms with Crippen LogP contribution < -0.4 is 18.9 Å². The predicted octanol–water partition coefficient (Wildman–Crippen LogP) is -0.293. The predicted molar refractivity (Wildman–Crippen MR) is 63.4 cm³/mol. The molecule has 0 atom stereocenters. The van der Waals surface area contributed by atoms with Gasteiger partial charge in [-0.3, -0.25) is 4.98 Å². The van der Waals surface area contributed by atoms with Crippen molar-refractivity contribution >= 4 is 12.6 Å². The van der Waals surface area contributed by atoms with E-state index in [0.29, 0.717) is 5.16 Å². The minimum Gasteiger partial charge on any atom is -0.742 e. The Hall–Kier alpha value is -0.753. The Balaban J connectivity index is 0.00000128. The van der Waals surface area contributed by atoms with E-state index >= 15 is 0 Å². The normalized spacial score (nSPS) is 9.94. The topological polar surface area (TPSA) is 17.8 Å². The Morgan fingerprint density at radius 3 is 2.12 bits per heavy atom. The van der Waals surface area contributed by atoms with E-state index in [4.69, 9.17) is 12.6 Å². The van der Waals surface area contributed by atoms with Crippen LogP contribution in [0.4, 0.5) is 0 Å². The van der Waals surface area contributed by atoms with Gasteiger partial charge in [-0.1, -0.05) is 17.7 Å². The van der Waals surface area contributed by atoms with E-state index in [9.17, 15) is 0 Å². The monoisotopic (exact) mass is 224 g/mol. The number of nitrogens with zero attached hydrogens (tertiary/aromatic N) is 2. The molecule has 0 fully saturated rings. The van der Waals surface area contributed by atoms with E-state index in [2.05, 4.69) is 37.9 Å². The Morgan fingerprint density at radius 2 is 1.69 bits per heavy atom. The molecule has 16 heavy (non-hydrogen) atoms. The van der Waals surface area contributed by atoms with E-state index in [-0.39, 0.29) is 18.9 Å². The first kappa shape index (κ1) is 13.3. The number of hydrogen-bond donors (Lipinski definition) is 0. The number of rotatable bonds is 1. The van der Waals surface area contributed by atoms with E-state index in [1.54, 1.807) is 6.20 Å². The number of imidazole rings is 1. The first-order chi connectivity index (χ1) is 7.09. The third-order valence-corrected chi connectivity index (χ3v) is 2.79. The summed E-state index contributed by atoms with van der Waals surface area (Å²) >= 11 is 5.17. The number of benzene rings is 1. The number of aromatic nitrogens is 2. The number of aryl methyl sites for hydroxylation is 3. The molecule has 0 saturated carbocycles. The average Bonchev–Trinajstić information content (AvgIpc) is 2.50. The van der Waals surface area contributed by atoms with Crippen LogP contribution in [0.2, 0.25) is 0 Å². The zero-order valence-corrected chi connectivity index (χ0v) is 10.9. The van der Waals surface area contributed by atoms with Gasteiger partial charge in [0, 0.05) is 12.4 Å². The molecule has 4 heteroatoms. The van der Waals surface area contributed by atoms with Gasteiger partial charge < -0.3 is 17.2 Å². The molecule has 0 aliphatic carbocycles. The molecule has 0 radical (unpaired) electrons. The van der Waals surface area contributed by atoms with Crippen LogP contribution in [-0.2, 0) is 12.6 Å². The molecule has 78 valence electrons. The maximum atomic E-state index is 5.17. The molecule has 0 spiro atoms. The van der Waals surface area contributed by atoms with Gasteiger partial charge in [0.2, 0.25) is 0 Å². The minimum absolute atomic E-state index is 0. The summed E-state index contributed by atoms with van der Waals surface area (Å²) < 4.78 is 1.96. The van der Waals surface area contributed by atoms with Gasteiger partial charge in [-0.25, -0.2) is 0 Å². The Morgan fingerprint density at radius 1 is 1.12 bits per heavy atom. The van der Waals surface area contributed by atoms with Gasteiger partial charge in [-0.2, -0.15) is 0 Å². The van der Waals surface area contributed by atoms with E-state index in [0.717, 1.165) is 5.69 Å². The Labute approximate surface area is 114 Å². The summed E-state index contributed by atoms with van der Waals surface area (Å²) in [5.74, 6) is 0. The van der Waals surface area contributed by atoms with Gasteiger partial charge >= 0.3 is 18.9 Å². The molecule has 0 saturated heterocycles. The smallest absolute Gasteiger partial charge is 0.742 e. The summed E-state index contributed by atoms with van der Waals surface area (Å²) in [6.07, 6.45) is 3.65. The van der Waals surface area contributed by atoms with Gasteiger partial charge in [-0.05, 0) is 37.1 Å². The van der Waals surface area contributed by atoms with Gasteiger partial charge in [0.1, 0.15) is 0 Å². The second-order valence-corrected chi connectivity index (χ2v) is 4.19. The molecule has 0 N–H and O–H groups in total. The molecule has 0 unspecified atom stereocenters. The fourth-order valence-corrected chi connectivity index (χ4v) is 2.23. The average molecular weight is 224 g/mol. The van der Waals surface area contributed by atoms with Crippen LogP contribution in [0.25, 0.3) is 5.69 Å². The van der Waals surface area contributed by atoms with E-state index in [1.807, 2.05) is 10.8 Å². The van der Waals surface area contributed by atoms with Crippen molar-refractivity contribution in [3.63, 3.8) is 0 Å². The Bertz CT molecular complexity index is 482. The molecule has 0 amide bonds. The van der Waals surface area contributed by atoms with Crippen molar-refractivity contribution < 1.29 is 18.9 Å². The molecular weight excluding hydrogens is 211 g/mol. The minimum atomic E-state index is 0. The molecule has 0 aliphatic heterocycles. The molecule has 1 aromatic carbocycles. The molecule has 2 aromatic rings. The standard InChI is InChI=1S/C12H14N2S.Li/c1-8-6-9(2)11(10(3)7-8)14-5-4-13-12(14)15;/h4-7H,1-3H3,(H,13,15);/q;+1/p-1. The van der Waals surface area contributed by atoms with Crippen LogP contribution in [-0.4, -0.2) is 9.55 Å². The summed E-state index contributed by atoms with van der Waals surface area (Å²) in [5.41, 5.74) is 4.90. The summed E-state index contributed by atoms with van der Waals surface area (Å²) in [4.78, 5) is 4.08. The first-order valence-electron chi connectivity index (χ1n) is 4.88. The molecule has 1 heterocycles. The van der Waals surface area contributed by atoms with Crippen molar-refractivity contribution in [2.24, 2.45) is 0 Å². The van der Waals surface area contributed by atoms with Crippen molar-refractivity contribution in [2.75, 3.05) is 0 Å². The second-order valence-electron chi connectivity index (χ2n) is 3.83.